The van der Waals surface area contributed by atoms with Gasteiger partial charge >= 0.3 is 5.97 Å². The third-order valence-corrected chi connectivity index (χ3v) is 3.12. The van der Waals surface area contributed by atoms with Crippen LogP contribution < -0.4 is 5.32 Å². The summed E-state index contributed by atoms with van der Waals surface area (Å²) >= 11 is 1.55. The van der Waals surface area contributed by atoms with E-state index in [1.807, 2.05) is 18.4 Å². The van der Waals surface area contributed by atoms with Gasteiger partial charge in [-0.3, -0.25) is 4.79 Å². The lowest BCUT2D eigenvalue weighted by Gasteiger charge is -2.05. The van der Waals surface area contributed by atoms with Crippen LogP contribution in [0.1, 0.15) is 21.0 Å². The molecule has 0 atom stereocenters. The summed E-state index contributed by atoms with van der Waals surface area (Å²) in [7, 11) is 0. The first-order chi connectivity index (χ1) is 9.11. The number of rotatable bonds is 4. The lowest BCUT2D eigenvalue weighted by molar-refractivity contribution is 0.0686. The van der Waals surface area contributed by atoms with Crippen molar-refractivity contribution in [2.24, 2.45) is 0 Å². The Bertz CT molecular complexity index is 624. The summed E-state index contributed by atoms with van der Waals surface area (Å²) < 4.78 is 0. The summed E-state index contributed by atoms with van der Waals surface area (Å²) in [6.45, 7) is 0. The number of nitrogens with zero attached hydrogens (tertiary/aromatic N) is 1. The number of imidazole rings is 1. The molecule has 0 fully saturated rings. The Morgan fingerprint density at radius 2 is 2.21 bits per heavy atom. The van der Waals surface area contributed by atoms with Gasteiger partial charge in [-0.05, 0) is 24.5 Å². The molecule has 1 heterocycles. The number of aromatic nitrogens is 2. The van der Waals surface area contributed by atoms with E-state index in [0.717, 1.165) is 4.90 Å². The third-order valence-electron chi connectivity index (χ3n) is 2.40. The number of carboxylic acids is 1. The fourth-order valence-corrected chi connectivity index (χ4v) is 1.98. The van der Waals surface area contributed by atoms with Crippen LogP contribution in [0, 0.1) is 0 Å². The van der Waals surface area contributed by atoms with Crippen molar-refractivity contribution in [2.45, 2.75) is 4.90 Å². The zero-order chi connectivity index (χ0) is 13.8. The number of anilines is 1. The second-order valence-electron chi connectivity index (χ2n) is 3.62. The second kappa shape index (κ2) is 5.57. The summed E-state index contributed by atoms with van der Waals surface area (Å²) in [6, 6.07) is 7.25. The number of H-pyrrole nitrogens is 1. The molecule has 0 spiro atoms. The van der Waals surface area contributed by atoms with Crippen molar-refractivity contribution < 1.29 is 14.7 Å². The van der Waals surface area contributed by atoms with Gasteiger partial charge in [-0.2, -0.15) is 0 Å². The molecule has 2 aromatic rings. The number of carbonyl (C=O) groups excluding carboxylic acids is 1. The Morgan fingerprint density at radius 3 is 2.89 bits per heavy atom. The number of benzene rings is 1. The number of hydrogen-bond donors (Lipinski definition) is 3. The number of thioether (sulfide) groups is 1. The molecule has 98 valence electrons. The van der Waals surface area contributed by atoms with Gasteiger partial charge in [0.2, 0.25) is 0 Å². The molecule has 1 aromatic heterocycles. The SMILES string of the molecule is CSc1cccc(NC(=O)c2nc[nH]c2C(=O)O)c1. The van der Waals surface area contributed by atoms with Crippen molar-refractivity contribution >= 4 is 29.3 Å². The summed E-state index contributed by atoms with van der Waals surface area (Å²) in [6.07, 6.45) is 3.11. The normalized spacial score (nSPS) is 10.2. The predicted molar refractivity (Wildman–Crippen MR) is 71.7 cm³/mol. The molecule has 3 N–H and O–H groups in total. The van der Waals surface area contributed by atoms with Crippen LogP contribution in [0.25, 0.3) is 0 Å². The molecular weight excluding hydrogens is 266 g/mol. The van der Waals surface area contributed by atoms with Crippen molar-refractivity contribution in [3.63, 3.8) is 0 Å². The first-order valence-electron chi connectivity index (χ1n) is 5.34. The van der Waals surface area contributed by atoms with Crippen LogP contribution >= 0.6 is 11.8 Å². The van der Waals surface area contributed by atoms with E-state index < -0.39 is 11.9 Å². The van der Waals surface area contributed by atoms with Gasteiger partial charge in [0.05, 0.1) is 6.33 Å². The zero-order valence-corrected chi connectivity index (χ0v) is 10.8. The molecule has 0 radical (unpaired) electrons. The van der Waals surface area contributed by atoms with E-state index in [9.17, 15) is 9.59 Å². The van der Waals surface area contributed by atoms with Gasteiger partial charge in [0, 0.05) is 10.6 Å². The maximum Gasteiger partial charge on any atom is 0.354 e. The molecule has 0 aliphatic heterocycles. The van der Waals surface area contributed by atoms with Crippen LogP contribution in [0.2, 0.25) is 0 Å². The number of nitrogens with one attached hydrogen (secondary N) is 2. The minimum Gasteiger partial charge on any atom is -0.477 e. The molecule has 7 heteroatoms. The van der Waals surface area contributed by atoms with E-state index in [1.54, 1.807) is 23.9 Å². The van der Waals surface area contributed by atoms with Crippen LogP contribution in [0.15, 0.2) is 35.5 Å². The largest absolute Gasteiger partial charge is 0.477 e. The van der Waals surface area contributed by atoms with Gasteiger partial charge in [-0.1, -0.05) is 6.07 Å². The lowest BCUT2D eigenvalue weighted by Crippen LogP contribution is -2.16. The maximum atomic E-state index is 11.9. The number of aromatic amines is 1. The number of carboxylic acid groups (broad SMARTS) is 1. The highest BCUT2D eigenvalue weighted by Crippen LogP contribution is 2.19. The Labute approximate surface area is 113 Å². The van der Waals surface area contributed by atoms with Crippen LogP contribution in [-0.2, 0) is 0 Å². The zero-order valence-electron chi connectivity index (χ0n) is 10.0. The molecule has 1 aromatic carbocycles. The highest BCUT2D eigenvalue weighted by molar-refractivity contribution is 7.98. The predicted octanol–water partition coefficient (Wildman–Crippen LogP) is 2.08. The average molecular weight is 277 g/mol. The molecule has 0 bridgehead atoms. The Kier molecular flexibility index (Phi) is 3.86. The van der Waals surface area contributed by atoms with Crippen molar-refractivity contribution in [1.29, 1.82) is 0 Å². The number of hydrogen-bond acceptors (Lipinski definition) is 4. The Balaban J connectivity index is 2.20. The van der Waals surface area contributed by atoms with Gasteiger partial charge in [-0.25, -0.2) is 9.78 Å². The first-order valence-corrected chi connectivity index (χ1v) is 6.56. The number of carbonyl (C=O) groups is 2. The minimum absolute atomic E-state index is 0.137. The third kappa shape index (κ3) is 2.94. The van der Waals surface area contributed by atoms with Crippen molar-refractivity contribution in [2.75, 3.05) is 11.6 Å². The standard InChI is InChI=1S/C12H11N3O3S/c1-19-8-4-2-3-7(5-8)15-11(16)9-10(12(17)18)14-6-13-9/h2-6H,1H3,(H,13,14)(H,15,16)(H,17,18). The van der Waals surface area contributed by atoms with Crippen LogP contribution in [0.3, 0.4) is 0 Å². The average Bonchev–Trinajstić information content (AvgIpc) is 2.88. The van der Waals surface area contributed by atoms with Gasteiger partial charge < -0.3 is 15.4 Å². The molecule has 0 aliphatic rings. The summed E-state index contributed by atoms with van der Waals surface area (Å²) in [5.74, 6) is -1.78. The number of aromatic carboxylic acids is 1. The van der Waals surface area contributed by atoms with Crippen LogP contribution in [0.5, 0.6) is 0 Å². The molecule has 0 saturated carbocycles. The first kappa shape index (κ1) is 13.2. The van der Waals surface area contributed by atoms with E-state index in [-0.39, 0.29) is 11.4 Å². The molecular formula is C12H11N3O3S. The minimum atomic E-state index is -1.22. The summed E-state index contributed by atoms with van der Waals surface area (Å²) in [4.78, 5) is 30.0. The van der Waals surface area contributed by atoms with Gasteiger partial charge in [0.25, 0.3) is 5.91 Å². The molecule has 0 aliphatic carbocycles. The van der Waals surface area contributed by atoms with E-state index in [2.05, 4.69) is 15.3 Å². The molecule has 2 rings (SSSR count). The van der Waals surface area contributed by atoms with E-state index >= 15 is 0 Å². The lowest BCUT2D eigenvalue weighted by atomic mass is 10.2. The van der Waals surface area contributed by atoms with Gasteiger partial charge in [0.1, 0.15) is 0 Å². The monoisotopic (exact) mass is 277 g/mol. The Hall–Kier alpha value is -2.28. The maximum absolute atomic E-state index is 11.9. The summed E-state index contributed by atoms with van der Waals surface area (Å²) in [5, 5.41) is 11.5. The van der Waals surface area contributed by atoms with E-state index in [0.29, 0.717) is 5.69 Å². The fourth-order valence-electron chi connectivity index (χ4n) is 1.52. The molecule has 1 amide bonds. The van der Waals surface area contributed by atoms with Crippen LogP contribution in [-0.4, -0.2) is 33.2 Å². The molecule has 0 saturated heterocycles. The van der Waals surface area contributed by atoms with Crippen LogP contribution in [0.4, 0.5) is 5.69 Å². The van der Waals surface area contributed by atoms with Crippen molar-refractivity contribution in [3.8, 4) is 0 Å². The van der Waals surface area contributed by atoms with Crippen molar-refractivity contribution in [1.82, 2.24) is 9.97 Å². The molecule has 6 nitrogen and oxygen atoms in total. The second-order valence-corrected chi connectivity index (χ2v) is 4.50. The van der Waals surface area contributed by atoms with Crippen molar-refractivity contribution in [3.05, 3.63) is 42.0 Å². The summed E-state index contributed by atoms with van der Waals surface area (Å²) in [5.41, 5.74) is 0.233. The fraction of sp³-hybridized carbons (Fsp3) is 0.0833. The van der Waals surface area contributed by atoms with E-state index in [4.69, 9.17) is 5.11 Å². The quantitative estimate of drug-likeness (QED) is 0.744. The highest BCUT2D eigenvalue weighted by Gasteiger charge is 2.19. The topological polar surface area (TPSA) is 95.1 Å². The van der Waals surface area contributed by atoms with E-state index in [1.165, 1.54) is 6.33 Å². The van der Waals surface area contributed by atoms with Gasteiger partial charge in [-0.15, -0.1) is 11.8 Å². The molecule has 19 heavy (non-hydrogen) atoms. The smallest absolute Gasteiger partial charge is 0.354 e. The number of amides is 1. The Morgan fingerprint density at radius 1 is 1.42 bits per heavy atom. The molecule has 0 unspecified atom stereocenters. The highest BCUT2D eigenvalue weighted by atomic mass is 32.2. The van der Waals surface area contributed by atoms with Gasteiger partial charge in [0.15, 0.2) is 11.4 Å².